The number of H-pyrrole nitrogens is 1. The topological polar surface area (TPSA) is 121 Å². The van der Waals surface area contributed by atoms with Crippen LogP contribution in [0.1, 0.15) is 39.4 Å². The average Bonchev–Trinajstić information content (AvgIpc) is 3.69. The summed E-state index contributed by atoms with van der Waals surface area (Å²) in [4.78, 5) is 63.4. The molecule has 52 heavy (non-hydrogen) atoms. The van der Waals surface area contributed by atoms with Gasteiger partial charge in [0.15, 0.2) is 0 Å². The molecule has 1 heterocycles. The molecule has 2 N–H and O–H groups in total. The zero-order valence-electron chi connectivity index (χ0n) is 28.4. The van der Waals surface area contributed by atoms with Crippen molar-refractivity contribution in [3.05, 3.63) is 192 Å². The van der Waals surface area contributed by atoms with Gasteiger partial charge >= 0.3 is 5.97 Å². The molecule has 0 fully saturated rings. The third kappa shape index (κ3) is 9.34. The first kappa shape index (κ1) is 35.2. The van der Waals surface area contributed by atoms with Gasteiger partial charge in [0, 0.05) is 24.9 Å². The van der Waals surface area contributed by atoms with Gasteiger partial charge < -0.3 is 15.0 Å². The van der Waals surface area contributed by atoms with Crippen LogP contribution in [-0.4, -0.2) is 44.6 Å². The number of hydrogen-bond donors (Lipinski definition) is 2. The van der Waals surface area contributed by atoms with Crippen LogP contribution in [0.5, 0.6) is 5.75 Å². The fourth-order valence-corrected chi connectivity index (χ4v) is 6.02. The van der Waals surface area contributed by atoms with Crippen LogP contribution in [0.2, 0.25) is 0 Å². The monoisotopic (exact) mass is 690 g/mol. The molecule has 0 aliphatic heterocycles. The molecule has 0 saturated carbocycles. The number of amides is 3. The Morgan fingerprint density at radius 1 is 0.635 bits per heavy atom. The van der Waals surface area contributed by atoms with Crippen LogP contribution >= 0.6 is 0 Å². The molecule has 1 atom stereocenters. The van der Waals surface area contributed by atoms with Crippen molar-refractivity contribution >= 4 is 23.7 Å². The van der Waals surface area contributed by atoms with Crippen LogP contribution in [0.3, 0.4) is 0 Å². The zero-order valence-corrected chi connectivity index (χ0v) is 28.4. The number of imide groups is 1. The summed E-state index contributed by atoms with van der Waals surface area (Å²) in [5.41, 5.74) is 4.42. The maximum atomic E-state index is 14.0. The van der Waals surface area contributed by atoms with Gasteiger partial charge in [-0.3, -0.25) is 24.1 Å². The predicted molar refractivity (Wildman–Crippen MR) is 197 cm³/mol. The van der Waals surface area contributed by atoms with E-state index >= 15 is 0 Å². The minimum Gasteiger partial charge on any atom is -0.426 e. The highest BCUT2D eigenvalue weighted by atomic mass is 16.5. The van der Waals surface area contributed by atoms with Crippen molar-refractivity contribution in [2.45, 2.75) is 37.8 Å². The number of rotatable bonds is 14. The van der Waals surface area contributed by atoms with E-state index in [0.717, 1.165) is 32.7 Å². The van der Waals surface area contributed by atoms with Crippen LogP contribution in [0.25, 0.3) is 0 Å². The quantitative estimate of drug-likeness (QED) is 0.104. The Kier molecular flexibility index (Phi) is 11.8. The van der Waals surface area contributed by atoms with E-state index in [1.54, 1.807) is 30.5 Å². The van der Waals surface area contributed by atoms with Crippen LogP contribution in [-0.2, 0) is 45.0 Å². The molecule has 9 heteroatoms. The molecule has 5 aromatic carbocycles. The van der Waals surface area contributed by atoms with Crippen LogP contribution in [0.4, 0.5) is 0 Å². The number of hydrogen-bond acceptors (Lipinski definition) is 6. The lowest BCUT2D eigenvalue weighted by Crippen LogP contribution is -2.54. The Morgan fingerprint density at radius 3 is 1.62 bits per heavy atom. The smallest absolute Gasteiger partial charge is 0.323 e. The van der Waals surface area contributed by atoms with Gasteiger partial charge in [0.05, 0.1) is 19.2 Å². The molecule has 1 aromatic heterocycles. The molecule has 9 nitrogen and oxygen atoms in total. The lowest BCUT2D eigenvalue weighted by molar-refractivity contribution is -0.151. The van der Waals surface area contributed by atoms with Gasteiger partial charge in [-0.05, 0) is 39.9 Å². The molecule has 0 saturated heterocycles. The molecule has 6 aromatic rings. The maximum Gasteiger partial charge on any atom is 0.323 e. The third-order valence-corrected chi connectivity index (χ3v) is 8.63. The van der Waals surface area contributed by atoms with Gasteiger partial charge in [0.2, 0.25) is 17.7 Å². The number of nitrogens with one attached hydrogen (secondary N) is 2. The summed E-state index contributed by atoms with van der Waals surface area (Å²) < 4.78 is 5.83. The summed E-state index contributed by atoms with van der Waals surface area (Å²) in [7, 11) is 0. The van der Waals surface area contributed by atoms with Gasteiger partial charge in [-0.15, -0.1) is 0 Å². The summed E-state index contributed by atoms with van der Waals surface area (Å²) >= 11 is 0. The van der Waals surface area contributed by atoms with Crippen molar-refractivity contribution in [2.75, 3.05) is 0 Å². The molecule has 0 spiro atoms. The maximum absolute atomic E-state index is 14.0. The standard InChI is InChI=1S/C43H38N4O5/c48-39(25-31-13-5-1-6-14-31)47(40(49)26-32-15-7-2-8-16-32)38(27-36-29-44-30-46-36)42(50)45-28-33-21-23-37(24-22-33)52-43(51)41(34-17-9-3-10-18-34)35-19-11-4-12-20-35/h1-24,29-30,38,41H,25-28H2,(H,44,46)(H,45,50). The fraction of sp³-hybridized carbons (Fsp3) is 0.140. The van der Waals surface area contributed by atoms with Crippen molar-refractivity contribution in [1.82, 2.24) is 20.2 Å². The zero-order chi connectivity index (χ0) is 36.1. The van der Waals surface area contributed by atoms with Crippen LogP contribution in [0, 0.1) is 0 Å². The SMILES string of the molecule is O=C(Oc1ccc(CNC(=O)C(Cc2cnc[nH]2)N(C(=O)Cc2ccccc2)C(=O)Cc2ccccc2)cc1)C(c1ccccc1)c1ccccc1. The second kappa shape index (κ2) is 17.4. The summed E-state index contributed by atoms with van der Waals surface area (Å²) in [6.45, 7) is 0.108. The van der Waals surface area contributed by atoms with E-state index in [-0.39, 0.29) is 25.8 Å². The molecule has 3 amide bonds. The van der Waals surface area contributed by atoms with E-state index in [2.05, 4.69) is 15.3 Å². The molecule has 0 radical (unpaired) electrons. The minimum absolute atomic E-state index is 0.0474. The van der Waals surface area contributed by atoms with E-state index < -0.39 is 35.7 Å². The Labute approximate surface area is 302 Å². The summed E-state index contributed by atoms with van der Waals surface area (Å²) in [6.07, 6.45) is 3.00. The largest absolute Gasteiger partial charge is 0.426 e. The Morgan fingerprint density at radius 2 is 1.13 bits per heavy atom. The first-order chi connectivity index (χ1) is 25.4. The number of carbonyl (C=O) groups is 4. The van der Waals surface area contributed by atoms with Gasteiger partial charge in [-0.25, -0.2) is 4.98 Å². The normalized spacial score (nSPS) is 11.4. The van der Waals surface area contributed by atoms with Crippen molar-refractivity contribution in [1.29, 1.82) is 0 Å². The van der Waals surface area contributed by atoms with Crippen molar-refractivity contribution in [2.24, 2.45) is 0 Å². The summed E-state index contributed by atoms with van der Waals surface area (Å²) in [5.74, 6) is -2.13. The summed E-state index contributed by atoms with van der Waals surface area (Å²) in [6, 6.07) is 42.9. The van der Waals surface area contributed by atoms with E-state index in [9.17, 15) is 19.2 Å². The van der Waals surface area contributed by atoms with Gasteiger partial charge in [0.1, 0.15) is 17.7 Å². The number of imidazole rings is 1. The van der Waals surface area contributed by atoms with Crippen LogP contribution < -0.4 is 10.1 Å². The first-order valence-corrected chi connectivity index (χ1v) is 17.0. The number of aromatic amines is 1. The number of nitrogens with zero attached hydrogens (tertiary/aromatic N) is 2. The molecule has 1 unspecified atom stereocenters. The fourth-order valence-electron chi connectivity index (χ4n) is 6.02. The summed E-state index contributed by atoms with van der Waals surface area (Å²) in [5, 5.41) is 2.92. The van der Waals surface area contributed by atoms with Crippen molar-refractivity contribution < 1.29 is 23.9 Å². The second-order valence-corrected chi connectivity index (χ2v) is 12.3. The van der Waals surface area contributed by atoms with Gasteiger partial charge in [0.25, 0.3) is 0 Å². The molecule has 0 bridgehead atoms. The predicted octanol–water partition coefficient (Wildman–Crippen LogP) is 6.22. The lowest BCUT2D eigenvalue weighted by atomic mass is 9.91. The Balaban J connectivity index is 1.18. The first-order valence-electron chi connectivity index (χ1n) is 17.0. The van der Waals surface area contributed by atoms with E-state index in [1.165, 1.54) is 6.33 Å². The molecule has 0 aliphatic carbocycles. The minimum atomic E-state index is -1.15. The highest BCUT2D eigenvalue weighted by Crippen LogP contribution is 2.27. The average molecular weight is 691 g/mol. The number of ether oxygens (including phenoxy) is 1. The van der Waals surface area contributed by atoms with E-state index in [0.29, 0.717) is 11.4 Å². The Bertz CT molecular complexity index is 1960. The molecular weight excluding hydrogens is 652 g/mol. The number of benzene rings is 5. The lowest BCUT2D eigenvalue weighted by Gasteiger charge is -2.29. The number of carbonyl (C=O) groups excluding carboxylic acids is 4. The highest BCUT2D eigenvalue weighted by Gasteiger charge is 2.35. The third-order valence-electron chi connectivity index (χ3n) is 8.63. The molecule has 6 rings (SSSR count). The molecular formula is C43H38N4O5. The number of esters is 1. The second-order valence-electron chi connectivity index (χ2n) is 12.3. The van der Waals surface area contributed by atoms with E-state index in [4.69, 9.17) is 4.74 Å². The van der Waals surface area contributed by atoms with Gasteiger partial charge in [-0.1, -0.05) is 133 Å². The van der Waals surface area contributed by atoms with Crippen molar-refractivity contribution in [3.8, 4) is 5.75 Å². The van der Waals surface area contributed by atoms with Gasteiger partial charge in [-0.2, -0.15) is 0 Å². The van der Waals surface area contributed by atoms with Crippen LogP contribution in [0.15, 0.2) is 158 Å². The van der Waals surface area contributed by atoms with E-state index in [1.807, 2.05) is 121 Å². The molecule has 0 aliphatic rings. The Hall–Kier alpha value is -6.61. The molecule has 260 valence electrons. The van der Waals surface area contributed by atoms with Crippen molar-refractivity contribution in [3.63, 3.8) is 0 Å². The number of aromatic nitrogens is 2. The highest BCUT2D eigenvalue weighted by molar-refractivity contribution is 6.02.